The number of allylic oxidation sites excluding steroid dienone is 2. The quantitative estimate of drug-likeness (QED) is 0.103. The van der Waals surface area contributed by atoms with Crippen LogP contribution in [0.25, 0.3) is 0 Å². The van der Waals surface area contributed by atoms with Gasteiger partial charge in [0.05, 0.1) is 0 Å². The molecule has 0 amide bonds. The third-order valence-electron chi connectivity index (χ3n) is 15.5. The molecule has 1 aliphatic heterocycles. The second kappa shape index (κ2) is 33.0. The average Bonchev–Trinajstić information content (AvgIpc) is 4.08. The van der Waals surface area contributed by atoms with Crippen molar-refractivity contribution in [2.75, 3.05) is 11.5 Å². The summed E-state index contributed by atoms with van der Waals surface area (Å²) in [7, 11) is 0. The molecule has 2 unspecified atom stereocenters. The second-order valence-electron chi connectivity index (χ2n) is 27.7. The van der Waals surface area contributed by atoms with Crippen molar-refractivity contribution in [2.45, 2.75) is 295 Å². The Balaban J connectivity index is 0.000000400. The first-order chi connectivity index (χ1) is 32.3. The zero-order valence-corrected chi connectivity index (χ0v) is 50.0. The Bertz CT molecular complexity index is 1300. The molecule has 8 rings (SSSR count). The molecule has 0 spiro atoms. The summed E-state index contributed by atoms with van der Waals surface area (Å²) in [6, 6.07) is 0. The number of halogens is 6. The molecule has 6 saturated carbocycles. The normalized spacial score (nSPS) is 24.0. The first-order valence-electron chi connectivity index (χ1n) is 29.7. The average molecular weight is 1020 g/mol. The number of rotatable bonds is 17. The SMILES string of the molecule is CC(C)C(F)(F)C1CCC1.CC(C)CC1(C)CC1.CC(C)CC1(F)CC1.CC(C)CC1(F)CCC1.CC(C)CC1C=CCC1.CC(C)CC1CC1(F)F.CC(C)CC1CSC1.CC(C)CCC1CCC1. The van der Waals surface area contributed by atoms with Crippen molar-refractivity contribution in [1.29, 1.82) is 0 Å². The zero-order chi connectivity index (χ0) is 53.5. The minimum Gasteiger partial charge on any atom is -0.244 e. The molecule has 0 radical (unpaired) electrons. The summed E-state index contributed by atoms with van der Waals surface area (Å²) in [5, 5.41) is 0. The summed E-state index contributed by atoms with van der Waals surface area (Å²) >= 11 is 2.09. The highest BCUT2D eigenvalue weighted by Gasteiger charge is 2.56. The Kier molecular flexibility index (Phi) is 31.9. The van der Waals surface area contributed by atoms with Crippen molar-refractivity contribution in [1.82, 2.24) is 0 Å². The van der Waals surface area contributed by atoms with Gasteiger partial charge in [0.2, 0.25) is 0 Å². The van der Waals surface area contributed by atoms with Gasteiger partial charge in [0, 0.05) is 24.2 Å². The van der Waals surface area contributed by atoms with E-state index in [1.165, 1.54) is 88.6 Å². The summed E-state index contributed by atoms with van der Waals surface area (Å²) < 4.78 is 76.2. The number of hydrogen-bond acceptors (Lipinski definition) is 1. The van der Waals surface area contributed by atoms with E-state index in [-0.39, 0.29) is 18.3 Å². The van der Waals surface area contributed by atoms with Crippen LogP contribution in [0.1, 0.15) is 272 Å². The van der Waals surface area contributed by atoms with Crippen LogP contribution in [0.3, 0.4) is 0 Å². The van der Waals surface area contributed by atoms with E-state index in [9.17, 15) is 26.3 Å². The molecular formula is C63H118F6S. The molecular weight excluding hydrogens is 903 g/mol. The van der Waals surface area contributed by atoms with E-state index in [1.54, 1.807) is 13.8 Å². The molecule has 2 atom stereocenters. The molecule has 7 aliphatic carbocycles. The molecule has 0 aromatic rings. The van der Waals surface area contributed by atoms with Crippen molar-refractivity contribution in [3.63, 3.8) is 0 Å². The van der Waals surface area contributed by atoms with Gasteiger partial charge in [0.1, 0.15) is 11.3 Å². The van der Waals surface area contributed by atoms with Crippen molar-refractivity contribution in [3.8, 4) is 0 Å². The van der Waals surface area contributed by atoms with Gasteiger partial charge >= 0.3 is 0 Å². The maximum absolute atomic E-state index is 13.2. The van der Waals surface area contributed by atoms with Gasteiger partial charge in [-0.25, -0.2) is 26.3 Å². The van der Waals surface area contributed by atoms with Gasteiger partial charge in [-0.2, -0.15) is 11.8 Å². The summed E-state index contributed by atoms with van der Waals surface area (Å²) in [5.74, 6) is 5.24. The fourth-order valence-electron chi connectivity index (χ4n) is 10.3. The standard InChI is InChI=1S/C9H18.C9H16.C8H14F2.C8H15F.C8H16.C7H12F2.C7H13F.C7H14S/c1-8(2)6-7-9-4-3-5-9;1-8(2)7-9-5-3-4-6-9;1-6(2)8(9,10)7-4-3-5-7;1-7(2)6-8(9)4-3-5-8;1-7(2)6-8(3)4-5-8;1-5(2)3-6-4-7(6,8)9;1-6(2)5-7(8)3-4-7;1-6(2)3-7-4-8-5-7/h8-9H,3-7H2,1-2H3;3,5,8-9H,4,6-7H2,1-2H3;6-7H,3-5H2,1-2H3;7H,3-6H2,1-2H3;7H,4-6H2,1-3H3;5-6H,3-4H2,1-2H3;6H,3-5H2,1-2H3;6-7H,3-5H2,1-2H3. The second-order valence-corrected chi connectivity index (χ2v) is 28.8. The van der Waals surface area contributed by atoms with E-state index < -0.39 is 29.1 Å². The lowest BCUT2D eigenvalue weighted by Gasteiger charge is -2.35. The third kappa shape index (κ3) is 32.9. The summed E-state index contributed by atoms with van der Waals surface area (Å²) in [4.78, 5) is 0. The van der Waals surface area contributed by atoms with Gasteiger partial charge in [-0.1, -0.05) is 168 Å². The number of hydrogen-bond donors (Lipinski definition) is 0. The highest BCUT2D eigenvalue weighted by Crippen LogP contribution is 2.52. The Labute approximate surface area is 437 Å². The van der Waals surface area contributed by atoms with E-state index in [0.29, 0.717) is 24.2 Å². The minimum atomic E-state index is -2.40. The molecule has 1 saturated heterocycles. The van der Waals surface area contributed by atoms with Crippen LogP contribution in [0.4, 0.5) is 26.3 Å². The van der Waals surface area contributed by atoms with Crippen molar-refractivity contribution < 1.29 is 26.3 Å². The topological polar surface area (TPSA) is 0 Å². The van der Waals surface area contributed by atoms with Crippen LogP contribution < -0.4 is 0 Å². The van der Waals surface area contributed by atoms with E-state index in [1.807, 2.05) is 13.8 Å². The minimum absolute atomic E-state index is 0.130. The smallest absolute Gasteiger partial charge is 0.244 e. The number of thioether (sulfide) groups is 1. The molecule has 1 heterocycles. The molecule has 8 aliphatic rings. The van der Waals surface area contributed by atoms with Gasteiger partial charge in [0.25, 0.3) is 11.8 Å². The first kappa shape index (κ1) is 67.7. The molecule has 0 nitrogen and oxygen atoms in total. The first-order valence-corrected chi connectivity index (χ1v) is 30.8. The molecule has 70 heavy (non-hydrogen) atoms. The van der Waals surface area contributed by atoms with Crippen LogP contribution in [0.5, 0.6) is 0 Å². The van der Waals surface area contributed by atoms with Crippen LogP contribution >= 0.6 is 11.8 Å². The summed E-state index contributed by atoms with van der Waals surface area (Å²) in [6.45, 7) is 36.3. The van der Waals surface area contributed by atoms with Gasteiger partial charge in [-0.05, 0) is 185 Å². The van der Waals surface area contributed by atoms with Gasteiger partial charge in [-0.3, -0.25) is 0 Å². The monoisotopic (exact) mass is 1020 g/mol. The van der Waals surface area contributed by atoms with E-state index in [2.05, 4.69) is 114 Å². The van der Waals surface area contributed by atoms with Gasteiger partial charge in [0.15, 0.2) is 0 Å². The van der Waals surface area contributed by atoms with Crippen LogP contribution in [-0.2, 0) is 0 Å². The highest BCUT2D eigenvalue weighted by molar-refractivity contribution is 8.00. The third-order valence-corrected chi connectivity index (χ3v) is 16.9. The molecule has 7 heteroatoms. The predicted octanol–water partition coefficient (Wildman–Crippen LogP) is 22.7. The zero-order valence-electron chi connectivity index (χ0n) is 49.2. The van der Waals surface area contributed by atoms with Gasteiger partial charge < -0.3 is 0 Å². The lowest BCUT2D eigenvalue weighted by molar-refractivity contribution is -0.122. The van der Waals surface area contributed by atoms with E-state index in [4.69, 9.17) is 0 Å². The number of alkyl halides is 6. The van der Waals surface area contributed by atoms with E-state index in [0.717, 1.165) is 111 Å². The molecule has 0 N–H and O–H groups in total. The summed E-state index contributed by atoms with van der Waals surface area (Å²) in [5.41, 5.74) is -0.712. The van der Waals surface area contributed by atoms with E-state index >= 15 is 0 Å². The Morgan fingerprint density at radius 3 is 1.17 bits per heavy atom. The molecule has 0 aromatic heterocycles. The summed E-state index contributed by atoms with van der Waals surface area (Å²) in [6.07, 6.45) is 31.3. The van der Waals surface area contributed by atoms with Gasteiger partial charge in [-0.15, -0.1) is 0 Å². The van der Waals surface area contributed by atoms with Crippen LogP contribution in [0.2, 0.25) is 0 Å². The van der Waals surface area contributed by atoms with Crippen molar-refractivity contribution in [2.24, 2.45) is 82.3 Å². The largest absolute Gasteiger partial charge is 0.253 e. The molecule has 0 aromatic carbocycles. The molecule has 0 bridgehead atoms. The Morgan fingerprint density at radius 2 is 1.00 bits per heavy atom. The van der Waals surface area contributed by atoms with Crippen LogP contribution in [-0.4, -0.2) is 34.7 Å². The van der Waals surface area contributed by atoms with Crippen LogP contribution in [0.15, 0.2) is 12.2 Å². The van der Waals surface area contributed by atoms with Crippen molar-refractivity contribution >= 4 is 11.8 Å². The maximum Gasteiger partial charge on any atom is 0.253 e. The maximum atomic E-state index is 13.2. The molecule has 418 valence electrons. The fraction of sp³-hybridized carbons (Fsp3) is 0.968. The predicted molar refractivity (Wildman–Crippen MR) is 299 cm³/mol. The molecule has 7 fully saturated rings. The highest BCUT2D eigenvalue weighted by atomic mass is 32.2. The Morgan fingerprint density at radius 1 is 0.529 bits per heavy atom. The Hall–Kier alpha value is -0.330. The van der Waals surface area contributed by atoms with Crippen LogP contribution in [0, 0.1) is 82.3 Å². The van der Waals surface area contributed by atoms with Crippen molar-refractivity contribution in [3.05, 3.63) is 12.2 Å². The fourth-order valence-corrected chi connectivity index (χ4v) is 11.1. The lowest BCUT2D eigenvalue weighted by Crippen LogP contribution is -2.37. The lowest BCUT2D eigenvalue weighted by atomic mass is 9.77.